The fourth-order valence-corrected chi connectivity index (χ4v) is 3.06. The number of amides is 1. The minimum atomic E-state index is -0.683. The van der Waals surface area contributed by atoms with Crippen LogP contribution in [0.4, 0.5) is 22.4 Å². The highest BCUT2D eigenvalue weighted by molar-refractivity contribution is 6.30. The molecule has 1 aromatic heterocycles. The van der Waals surface area contributed by atoms with Crippen molar-refractivity contribution in [1.29, 1.82) is 0 Å². The molecule has 0 atom stereocenters. The summed E-state index contributed by atoms with van der Waals surface area (Å²) in [7, 11) is 0. The molecule has 0 bridgehead atoms. The number of ether oxygens (including phenoxy) is 2. The zero-order chi connectivity index (χ0) is 25.6. The van der Waals surface area contributed by atoms with Gasteiger partial charge in [-0.2, -0.15) is 15.0 Å². The lowest BCUT2D eigenvalue weighted by atomic mass is 10.1. The first-order chi connectivity index (χ1) is 16.5. The number of hydrogen-bond donors (Lipinski definition) is 3. The van der Waals surface area contributed by atoms with Gasteiger partial charge in [-0.05, 0) is 63.1 Å². The van der Waals surface area contributed by atoms with Crippen LogP contribution in [0.1, 0.15) is 31.9 Å². The molecule has 0 aliphatic heterocycles. The molecule has 0 aliphatic carbocycles. The Morgan fingerprint density at radius 1 is 1.06 bits per heavy atom. The Morgan fingerprint density at radius 3 is 2.46 bits per heavy atom. The van der Waals surface area contributed by atoms with Crippen molar-refractivity contribution < 1.29 is 19.1 Å². The van der Waals surface area contributed by atoms with E-state index in [1.54, 1.807) is 57.2 Å². The number of halogens is 1. The molecule has 0 aliphatic rings. The van der Waals surface area contributed by atoms with Gasteiger partial charge in [0.25, 0.3) is 0 Å². The summed E-state index contributed by atoms with van der Waals surface area (Å²) in [5.74, 6) is 0.172. The van der Waals surface area contributed by atoms with E-state index in [1.807, 2.05) is 13.0 Å². The van der Waals surface area contributed by atoms with E-state index in [9.17, 15) is 9.59 Å². The van der Waals surface area contributed by atoms with Crippen molar-refractivity contribution in [3.8, 4) is 11.4 Å². The summed E-state index contributed by atoms with van der Waals surface area (Å²) in [5, 5.41) is 6.01. The molecule has 10 nitrogen and oxygen atoms in total. The Labute approximate surface area is 208 Å². The summed E-state index contributed by atoms with van der Waals surface area (Å²) in [5.41, 5.74) is 8.40. The zero-order valence-corrected chi connectivity index (χ0v) is 20.6. The first-order valence-corrected chi connectivity index (χ1v) is 11.1. The van der Waals surface area contributed by atoms with Gasteiger partial charge in [0.15, 0.2) is 5.82 Å². The van der Waals surface area contributed by atoms with Gasteiger partial charge in [0.2, 0.25) is 11.9 Å². The lowest BCUT2D eigenvalue weighted by molar-refractivity contribution is -0.143. The van der Waals surface area contributed by atoms with E-state index in [4.69, 9.17) is 26.8 Å². The first-order valence-electron chi connectivity index (χ1n) is 10.7. The Morgan fingerprint density at radius 2 is 1.77 bits per heavy atom. The van der Waals surface area contributed by atoms with Crippen LogP contribution in [0.2, 0.25) is 5.02 Å². The van der Waals surface area contributed by atoms with Crippen LogP contribution >= 0.6 is 11.6 Å². The van der Waals surface area contributed by atoms with Crippen molar-refractivity contribution in [2.45, 2.75) is 39.9 Å². The Hall–Kier alpha value is -3.92. The number of benzene rings is 2. The molecule has 3 aromatic rings. The summed E-state index contributed by atoms with van der Waals surface area (Å²) in [6, 6.07) is 12.6. The van der Waals surface area contributed by atoms with Crippen LogP contribution in [0.5, 0.6) is 0 Å². The predicted octanol–water partition coefficient (Wildman–Crippen LogP) is 4.39. The second-order valence-corrected chi connectivity index (χ2v) is 9.07. The fourth-order valence-electron chi connectivity index (χ4n) is 2.89. The van der Waals surface area contributed by atoms with E-state index < -0.39 is 17.7 Å². The summed E-state index contributed by atoms with van der Waals surface area (Å²) < 4.78 is 10.2. The van der Waals surface area contributed by atoms with E-state index in [-0.39, 0.29) is 25.0 Å². The predicted molar refractivity (Wildman–Crippen MR) is 133 cm³/mol. The van der Waals surface area contributed by atoms with Crippen molar-refractivity contribution in [3.63, 3.8) is 0 Å². The molecule has 1 heterocycles. The van der Waals surface area contributed by atoms with Gasteiger partial charge in [-0.15, -0.1) is 0 Å². The maximum Gasteiger partial charge on any atom is 0.408 e. The molecule has 11 heteroatoms. The standard InChI is InChI=1S/C24H27ClN6O4/c1-14-5-8-16(25)11-18(14)20-29-21(26)31-22(30-20)28-17-9-6-15(7-10-17)13-34-19(32)12-27-23(33)35-24(2,3)4/h5-11H,12-13H2,1-4H3,(H,27,33)(H3,26,28,29,30,31). The number of alkyl carbamates (subject to hydrolysis) is 1. The SMILES string of the molecule is Cc1ccc(Cl)cc1-c1nc(N)nc(Nc2ccc(COC(=O)CNC(=O)OC(C)(C)C)cc2)n1. The number of aromatic nitrogens is 3. The maximum absolute atomic E-state index is 11.9. The number of esters is 1. The Bertz CT molecular complexity index is 1210. The van der Waals surface area contributed by atoms with Crippen molar-refractivity contribution in [3.05, 3.63) is 58.6 Å². The molecule has 0 spiro atoms. The molecule has 0 radical (unpaired) electrons. The number of anilines is 3. The highest BCUT2D eigenvalue weighted by Crippen LogP contribution is 2.25. The van der Waals surface area contributed by atoms with Gasteiger partial charge in [-0.3, -0.25) is 4.79 Å². The van der Waals surface area contributed by atoms with Crippen LogP contribution in [0.3, 0.4) is 0 Å². The maximum atomic E-state index is 11.9. The van der Waals surface area contributed by atoms with Gasteiger partial charge in [-0.1, -0.05) is 29.8 Å². The number of aryl methyl sites for hydroxylation is 1. The van der Waals surface area contributed by atoms with Gasteiger partial charge in [0.05, 0.1) is 0 Å². The third kappa shape index (κ3) is 8.11. The van der Waals surface area contributed by atoms with Crippen LogP contribution in [0.25, 0.3) is 11.4 Å². The van der Waals surface area contributed by atoms with Crippen LogP contribution < -0.4 is 16.4 Å². The number of nitrogens with two attached hydrogens (primary N) is 1. The average Bonchev–Trinajstić information content (AvgIpc) is 2.77. The number of rotatable bonds is 7. The minimum Gasteiger partial charge on any atom is -0.460 e. The van der Waals surface area contributed by atoms with Gasteiger partial charge in [-0.25, -0.2) is 4.79 Å². The Balaban J connectivity index is 1.57. The van der Waals surface area contributed by atoms with Crippen molar-refractivity contribution in [2.75, 3.05) is 17.6 Å². The first kappa shape index (κ1) is 25.7. The molecule has 2 aromatic carbocycles. The molecule has 0 saturated carbocycles. The summed E-state index contributed by atoms with van der Waals surface area (Å²) in [6.07, 6.45) is -0.683. The lowest BCUT2D eigenvalue weighted by Gasteiger charge is -2.19. The quantitative estimate of drug-likeness (QED) is 0.404. The molecule has 0 fully saturated rings. The fraction of sp³-hybridized carbons (Fsp3) is 0.292. The van der Waals surface area contributed by atoms with Crippen LogP contribution in [0, 0.1) is 6.92 Å². The number of nitrogens with zero attached hydrogens (tertiary/aromatic N) is 3. The van der Waals surface area contributed by atoms with Crippen molar-refractivity contribution in [2.24, 2.45) is 0 Å². The van der Waals surface area contributed by atoms with Gasteiger partial charge >= 0.3 is 12.1 Å². The largest absolute Gasteiger partial charge is 0.460 e. The molecular formula is C24H27ClN6O4. The molecular weight excluding hydrogens is 472 g/mol. The second-order valence-electron chi connectivity index (χ2n) is 8.64. The highest BCUT2D eigenvalue weighted by Gasteiger charge is 2.17. The summed E-state index contributed by atoms with van der Waals surface area (Å²) in [6.45, 7) is 6.89. The van der Waals surface area contributed by atoms with Gasteiger partial charge in [0.1, 0.15) is 18.8 Å². The number of carbonyl (C=O) groups excluding carboxylic acids is 2. The van der Waals surface area contributed by atoms with E-state index in [2.05, 4.69) is 25.6 Å². The van der Waals surface area contributed by atoms with E-state index in [1.165, 1.54) is 0 Å². The van der Waals surface area contributed by atoms with Gasteiger partial charge in [0, 0.05) is 16.3 Å². The number of hydrogen-bond acceptors (Lipinski definition) is 9. The van der Waals surface area contributed by atoms with Crippen molar-refractivity contribution >= 4 is 41.2 Å². The second kappa shape index (κ2) is 11.0. The molecule has 3 rings (SSSR count). The highest BCUT2D eigenvalue weighted by atomic mass is 35.5. The third-order valence-corrected chi connectivity index (χ3v) is 4.71. The van der Waals surface area contributed by atoms with Gasteiger partial charge < -0.3 is 25.8 Å². The number of carbonyl (C=O) groups is 2. The van der Waals surface area contributed by atoms with Crippen LogP contribution in [-0.2, 0) is 20.9 Å². The smallest absolute Gasteiger partial charge is 0.408 e. The van der Waals surface area contributed by atoms with Crippen LogP contribution in [0.15, 0.2) is 42.5 Å². The van der Waals surface area contributed by atoms with E-state index in [0.717, 1.165) is 16.7 Å². The number of nitrogen functional groups attached to an aromatic ring is 1. The average molecular weight is 499 g/mol. The summed E-state index contributed by atoms with van der Waals surface area (Å²) in [4.78, 5) is 36.3. The normalized spacial score (nSPS) is 11.0. The van der Waals surface area contributed by atoms with Crippen LogP contribution in [-0.4, -0.2) is 39.2 Å². The molecule has 0 unspecified atom stereocenters. The molecule has 1 amide bonds. The monoisotopic (exact) mass is 498 g/mol. The lowest BCUT2D eigenvalue weighted by Crippen LogP contribution is -2.36. The van der Waals surface area contributed by atoms with Crippen molar-refractivity contribution in [1.82, 2.24) is 20.3 Å². The van der Waals surface area contributed by atoms with E-state index in [0.29, 0.717) is 16.5 Å². The molecule has 0 saturated heterocycles. The third-order valence-electron chi connectivity index (χ3n) is 4.48. The topological polar surface area (TPSA) is 141 Å². The Kier molecular flexibility index (Phi) is 8.08. The molecule has 35 heavy (non-hydrogen) atoms. The summed E-state index contributed by atoms with van der Waals surface area (Å²) >= 11 is 6.12. The molecule has 184 valence electrons. The minimum absolute atomic E-state index is 0.0476. The zero-order valence-electron chi connectivity index (χ0n) is 19.9. The molecule has 4 N–H and O–H groups in total. The van der Waals surface area contributed by atoms with E-state index >= 15 is 0 Å². The number of nitrogens with one attached hydrogen (secondary N) is 2.